The zero-order valence-electron chi connectivity index (χ0n) is 9.81. The molecule has 0 aliphatic heterocycles. The second-order valence-corrected chi connectivity index (χ2v) is 4.81. The molecule has 0 radical (unpaired) electrons. The Morgan fingerprint density at radius 3 is 2.50 bits per heavy atom. The van der Waals surface area contributed by atoms with Crippen LogP contribution in [-0.4, -0.2) is 12.0 Å². The minimum absolute atomic E-state index is 0.00662. The molecule has 4 heteroatoms. The van der Waals surface area contributed by atoms with Crippen molar-refractivity contribution >= 4 is 5.78 Å². The fourth-order valence-corrected chi connectivity index (χ4v) is 2.35. The Hall–Kier alpha value is -0.540. The van der Waals surface area contributed by atoms with E-state index in [4.69, 9.17) is 0 Å². The van der Waals surface area contributed by atoms with Crippen molar-refractivity contribution in [1.29, 1.82) is 0 Å². The lowest BCUT2D eigenvalue weighted by Gasteiger charge is -2.30. The topological polar surface area (TPSA) is 17.1 Å². The van der Waals surface area contributed by atoms with Gasteiger partial charge in [-0.2, -0.15) is 13.2 Å². The summed E-state index contributed by atoms with van der Waals surface area (Å²) >= 11 is 0. The average Bonchev–Trinajstić information content (AvgIpc) is 2.26. The van der Waals surface area contributed by atoms with Gasteiger partial charge in [-0.25, -0.2) is 0 Å². The van der Waals surface area contributed by atoms with Crippen LogP contribution in [0.4, 0.5) is 13.2 Å². The highest BCUT2D eigenvalue weighted by Crippen LogP contribution is 2.40. The SMILES string of the molecule is CCC(C)C(=O)C1CCCC(C(F)(F)F)C1. The minimum Gasteiger partial charge on any atom is -0.299 e. The molecule has 1 aliphatic rings. The first-order chi connectivity index (χ1) is 7.36. The summed E-state index contributed by atoms with van der Waals surface area (Å²) in [6.07, 6.45) is -2.06. The predicted molar refractivity (Wildman–Crippen MR) is 56.0 cm³/mol. The number of halogens is 3. The van der Waals surface area contributed by atoms with Crippen molar-refractivity contribution in [2.24, 2.45) is 17.8 Å². The van der Waals surface area contributed by atoms with Crippen molar-refractivity contribution in [3.05, 3.63) is 0 Å². The fraction of sp³-hybridized carbons (Fsp3) is 0.917. The minimum atomic E-state index is -4.13. The second-order valence-electron chi connectivity index (χ2n) is 4.81. The van der Waals surface area contributed by atoms with Crippen LogP contribution in [0.15, 0.2) is 0 Å². The first kappa shape index (κ1) is 13.5. The Balaban J connectivity index is 2.60. The molecule has 0 aromatic carbocycles. The molecule has 3 atom stereocenters. The van der Waals surface area contributed by atoms with Crippen LogP contribution in [0.25, 0.3) is 0 Å². The van der Waals surface area contributed by atoms with Crippen LogP contribution >= 0.6 is 0 Å². The third-order valence-corrected chi connectivity index (χ3v) is 3.64. The lowest BCUT2D eigenvalue weighted by Crippen LogP contribution is -2.33. The van der Waals surface area contributed by atoms with Gasteiger partial charge in [0.2, 0.25) is 0 Å². The maximum Gasteiger partial charge on any atom is 0.391 e. The Labute approximate surface area is 94.4 Å². The van der Waals surface area contributed by atoms with E-state index in [0.717, 1.165) is 0 Å². The quantitative estimate of drug-likeness (QED) is 0.724. The zero-order chi connectivity index (χ0) is 12.3. The van der Waals surface area contributed by atoms with Crippen LogP contribution in [0.3, 0.4) is 0 Å². The van der Waals surface area contributed by atoms with E-state index in [9.17, 15) is 18.0 Å². The molecular weight excluding hydrogens is 217 g/mol. The van der Waals surface area contributed by atoms with Crippen LogP contribution < -0.4 is 0 Å². The van der Waals surface area contributed by atoms with Gasteiger partial charge in [-0.3, -0.25) is 4.79 Å². The van der Waals surface area contributed by atoms with E-state index in [0.29, 0.717) is 19.3 Å². The van der Waals surface area contributed by atoms with E-state index >= 15 is 0 Å². The maximum absolute atomic E-state index is 12.5. The number of carbonyl (C=O) groups excluding carboxylic acids is 1. The summed E-state index contributed by atoms with van der Waals surface area (Å²) in [5.74, 6) is -1.71. The van der Waals surface area contributed by atoms with Crippen molar-refractivity contribution < 1.29 is 18.0 Å². The lowest BCUT2D eigenvalue weighted by molar-refractivity contribution is -0.186. The summed E-state index contributed by atoms with van der Waals surface area (Å²) in [5, 5.41) is 0. The van der Waals surface area contributed by atoms with Crippen molar-refractivity contribution in [2.45, 2.75) is 52.1 Å². The van der Waals surface area contributed by atoms with Crippen LogP contribution in [0.1, 0.15) is 46.0 Å². The Morgan fingerprint density at radius 1 is 1.38 bits per heavy atom. The molecule has 0 spiro atoms. The Bertz CT molecular complexity index is 247. The average molecular weight is 236 g/mol. The molecule has 0 bridgehead atoms. The van der Waals surface area contributed by atoms with Gasteiger partial charge in [0.15, 0.2) is 0 Å². The van der Waals surface area contributed by atoms with Crippen LogP contribution in [0, 0.1) is 17.8 Å². The van der Waals surface area contributed by atoms with Gasteiger partial charge in [0.25, 0.3) is 0 Å². The Morgan fingerprint density at radius 2 is 2.00 bits per heavy atom. The molecule has 94 valence electrons. The van der Waals surface area contributed by atoms with Crippen LogP contribution in [-0.2, 0) is 4.79 Å². The highest BCUT2D eigenvalue weighted by molar-refractivity contribution is 5.83. The number of ketones is 1. The summed E-state index contributed by atoms with van der Waals surface area (Å²) in [4.78, 5) is 11.8. The van der Waals surface area contributed by atoms with Crippen molar-refractivity contribution in [2.75, 3.05) is 0 Å². The van der Waals surface area contributed by atoms with E-state index in [1.807, 2.05) is 6.92 Å². The molecule has 1 fully saturated rings. The number of Topliss-reactive ketones (excluding diaryl/α,β-unsaturated/α-hetero) is 1. The molecule has 1 aliphatic carbocycles. The summed E-state index contributed by atoms with van der Waals surface area (Å²) in [5.41, 5.74) is 0. The third-order valence-electron chi connectivity index (χ3n) is 3.64. The monoisotopic (exact) mass is 236 g/mol. The summed E-state index contributed by atoms with van der Waals surface area (Å²) < 4.78 is 37.6. The van der Waals surface area contributed by atoms with Crippen molar-refractivity contribution in [3.8, 4) is 0 Å². The first-order valence-electron chi connectivity index (χ1n) is 5.96. The predicted octanol–water partition coefficient (Wildman–Crippen LogP) is 3.97. The van der Waals surface area contributed by atoms with Gasteiger partial charge in [0.1, 0.15) is 5.78 Å². The van der Waals surface area contributed by atoms with Gasteiger partial charge in [0, 0.05) is 11.8 Å². The van der Waals surface area contributed by atoms with E-state index in [1.54, 1.807) is 6.92 Å². The molecule has 3 unspecified atom stereocenters. The molecular formula is C12H19F3O. The molecule has 1 rings (SSSR count). The molecule has 0 aromatic rings. The molecule has 0 heterocycles. The molecule has 0 N–H and O–H groups in total. The molecule has 16 heavy (non-hydrogen) atoms. The van der Waals surface area contributed by atoms with Crippen molar-refractivity contribution in [3.63, 3.8) is 0 Å². The van der Waals surface area contributed by atoms with Crippen molar-refractivity contribution in [1.82, 2.24) is 0 Å². The maximum atomic E-state index is 12.5. The first-order valence-corrected chi connectivity index (χ1v) is 5.96. The number of alkyl halides is 3. The van der Waals surface area contributed by atoms with Gasteiger partial charge < -0.3 is 0 Å². The second kappa shape index (κ2) is 5.19. The van der Waals surface area contributed by atoms with Gasteiger partial charge in [-0.1, -0.05) is 20.3 Å². The van der Waals surface area contributed by atoms with E-state index in [2.05, 4.69) is 0 Å². The highest BCUT2D eigenvalue weighted by atomic mass is 19.4. The van der Waals surface area contributed by atoms with E-state index in [-0.39, 0.29) is 30.5 Å². The lowest BCUT2D eigenvalue weighted by atomic mass is 9.76. The number of carbonyl (C=O) groups is 1. The summed E-state index contributed by atoms with van der Waals surface area (Å²) in [7, 11) is 0. The summed E-state index contributed by atoms with van der Waals surface area (Å²) in [6.45, 7) is 3.70. The third kappa shape index (κ3) is 3.22. The van der Waals surface area contributed by atoms with Gasteiger partial charge >= 0.3 is 6.18 Å². The normalized spacial score (nSPS) is 28.8. The van der Waals surface area contributed by atoms with E-state index in [1.165, 1.54) is 0 Å². The molecule has 0 saturated heterocycles. The number of hydrogen-bond donors (Lipinski definition) is 0. The zero-order valence-corrected chi connectivity index (χ0v) is 9.81. The molecule has 1 saturated carbocycles. The standard InChI is InChI=1S/C12H19F3O/c1-3-8(2)11(16)9-5-4-6-10(7-9)12(13,14)15/h8-10H,3-7H2,1-2H3. The number of hydrogen-bond acceptors (Lipinski definition) is 1. The van der Waals surface area contributed by atoms with Gasteiger partial charge in [-0.05, 0) is 25.7 Å². The fourth-order valence-electron chi connectivity index (χ4n) is 2.35. The smallest absolute Gasteiger partial charge is 0.299 e. The van der Waals surface area contributed by atoms with Gasteiger partial charge in [-0.15, -0.1) is 0 Å². The van der Waals surface area contributed by atoms with Crippen LogP contribution in [0.5, 0.6) is 0 Å². The molecule has 0 amide bonds. The Kier molecular flexibility index (Phi) is 4.39. The van der Waals surface area contributed by atoms with Gasteiger partial charge in [0.05, 0.1) is 5.92 Å². The number of rotatable bonds is 3. The molecule has 1 nitrogen and oxygen atoms in total. The largest absolute Gasteiger partial charge is 0.391 e. The molecule has 0 aromatic heterocycles. The van der Waals surface area contributed by atoms with Crippen LogP contribution in [0.2, 0.25) is 0 Å². The summed E-state index contributed by atoms with van der Waals surface area (Å²) in [6, 6.07) is 0. The van der Waals surface area contributed by atoms with E-state index < -0.39 is 12.1 Å². The highest BCUT2D eigenvalue weighted by Gasteiger charge is 2.43.